The van der Waals surface area contributed by atoms with Gasteiger partial charge >= 0.3 is 0 Å². The zero-order valence-corrected chi connectivity index (χ0v) is 5.45. The summed E-state index contributed by atoms with van der Waals surface area (Å²) in [6.45, 7) is 0. The normalized spacial score (nSPS) is 8.00. The molecule has 0 heterocycles. The Morgan fingerprint density at radius 3 is 1.22 bits per heavy atom. The summed E-state index contributed by atoms with van der Waals surface area (Å²) < 4.78 is 0. The molecule has 0 fully saturated rings. The summed E-state index contributed by atoms with van der Waals surface area (Å²) in [5, 5.41) is 17.3. The van der Waals surface area contributed by atoms with Crippen LogP contribution in [0.15, 0.2) is 24.3 Å². The first-order chi connectivity index (χ1) is 3.79. The Morgan fingerprint density at radius 1 is 0.778 bits per heavy atom. The molecule has 0 aromatic heterocycles. The first-order valence-electron chi connectivity index (χ1n) is 2.27. The van der Waals surface area contributed by atoms with Crippen molar-refractivity contribution in [2.75, 3.05) is 0 Å². The predicted molar refractivity (Wildman–Crippen MR) is 29.8 cm³/mol. The van der Waals surface area contributed by atoms with Gasteiger partial charge in [0.05, 0.1) is 0 Å². The van der Waals surface area contributed by atoms with Crippen LogP contribution in [0.5, 0.6) is 11.5 Å². The van der Waals surface area contributed by atoms with E-state index in [4.69, 9.17) is 10.2 Å². The van der Waals surface area contributed by atoms with Gasteiger partial charge in [0.25, 0.3) is 0 Å². The van der Waals surface area contributed by atoms with Crippen molar-refractivity contribution in [3.8, 4) is 11.5 Å². The molecule has 0 spiro atoms. The van der Waals surface area contributed by atoms with Crippen molar-refractivity contribution in [1.29, 1.82) is 0 Å². The van der Waals surface area contributed by atoms with E-state index in [1.165, 1.54) is 24.3 Å². The Labute approximate surface area is 63.6 Å². The molecule has 1 aromatic rings. The van der Waals surface area contributed by atoms with Gasteiger partial charge < -0.3 is 10.2 Å². The first kappa shape index (κ1) is 8.34. The molecule has 0 aliphatic carbocycles. The minimum atomic E-state index is 0. The van der Waals surface area contributed by atoms with Crippen LogP contribution in [0.1, 0.15) is 0 Å². The van der Waals surface area contributed by atoms with Crippen LogP contribution in [0.3, 0.4) is 0 Å². The Balaban J connectivity index is 0.000000640. The van der Waals surface area contributed by atoms with Crippen molar-refractivity contribution in [3.63, 3.8) is 0 Å². The number of hydrogen-bond acceptors (Lipinski definition) is 2. The summed E-state index contributed by atoms with van der Waals surface area (Å²) in [6.07, 6.45) is 0. The van der Waals surface area contributed by atoms with Gasteiger partial charge in [-0.15, -0.1) is 0 Å². The monoisotopic (exact) mass is 173 g/mol. The average Bonchev–Trinajstić information content (AvgIpc) is 1.77. The molecule has 3 heteroatoms. The number of aromatic hydroxyl groups is 2. The summed E-state index contributed by atoms with van der Waals surface area (Å²) in [5.74, 6) is 0.339. The van der Waals surface area contributed by atoms with Crippen LogP contribution in [0.4, 0.5) is 0 Å². The predicted octanol–water partition coefficient (Wildman–Crippen LogP) is 1.10. The number of phenols is 2. The smallest absolute Gasteiger partial charge is 0.115 e. The molecule has 2 N–H and O–H groups in total. The van der Waals surface area contributed by atoms with E-state index in [9.17, 15) is 0 Å². The fourth-order valence-electron chi connectivity index (χ4n) is 0.453. The summed E-state index contributed by atoms with van der Waals surface area (Å²) in [5.41, 5.74) is 0. The number of phenolic OH excluding ortho intramolecular Hbond substituents is 2. The van der Waals surface area contributed by atoms with E-state index >= 15 is 0 Å². The van der Waals surface area contributed by atoms with Gasteiger partial charge in [-0.3, -0.25) is 0 Å². The van der Waals surface area contributed by atoms with Crippen LogP contribution in [0, 0.1) is 0 Å². The molecule has 2 nitrogen and oxygen atoms in total. The summed E-state index contributed by atoms with van der Waals surface area (Å²) in [6, 6.07) is 5.70. The second-order valence-electron chi connectivity index (χ2n) is 1.52. The van der Waals surface area contributed by atoms with Crippen LogP contribution < -0.4 is 0 Å². The van der Waals surface area contributed by atoms with E-state index in [1.807, 2.05) is 0 Å². The van der Waals surface area contributed by atoms with Gasteiger partial charge in [-0.1, -0.05) is 0 Å². The van der Waals surface area contributed by atoms with E-state index in [-0.39, 0.29) is 28.6 Å². The van der Waals surface area contributed by atoms with E-state index < -0.39 is 0 Å². The summed E-state index contributed by atoms with van der Waals surface area (Å²) >= 11 is 0. The zero-order valence-electron chi connectivity index (χ0n) is 4.51. The van der Waals surface area contributed by atoms with Gasteiger partial charge in [-0.25, -0.2) is 0 Å². The standard InChI is InChI=1S/C6H6O2.Cu/c7-5-1-2-6(8)4-3-5;/h1-4,7-8H;. The topological polar surface area (TPSA) is 40.5 Å². The van der Waals surface area contributed by atoms with Gasteiger partial charge in [-0.05, 0) is 24.3 Å². The number of rotatable bonds is 0. The van der Waals surface area contributed by atoms with Crippen molar-refractivity contribution < 1.29 is 27.3 Å². The van der Waals surface area contributed by atoms with Crippen LogP contribution in [-0.4, -0.2) is 10.2 Å². The third-order valence-corrected chi connectivity index (χ3v) is 0.850. The second-order valence-corrected chi connectivity index (χ2v) is 1.52. The molecule has 1 rings (SSSR count). The van der Waals surface area contributed by atoms with Gasteiger partial charge in [0, 0.05) is 17.1 Å². The fourth-order valence-corrected chi connectivity index (χ4v) is 0.453. The molecule has 0 bridgehead atoms. The molecule has 9 heavy (non-hydrogen) atoms. The van der Waals surface area contributed by atoms with Crippen LogP contribution in [0.2, 0.25) is 0 Å². The van der Waals surface area contributed by atoms with Gasteiger partial charge in [-0.2, -0.15) is 0 Å². The minimum Gasteiger partial charge on any atom is -0.508 e. The van der Waals surface area contributed by atoms with Crippen molar-refractivity contribution in [2.24, 2.45) is 0 Å². The molecule has 0 unspecified atom stereocenters. The molecule has 53 valence electrons. The van der Waals surface area contributed by atoms with Crippen molar-refractivity contribution in [2.45, 2.75) is 0 Å². The Kier molecular flexibility index (Phi) is 3.13. The van der Waals surface area contributed by atoms with E-state index in [0.29, 0.717) is 0 Å². The van der Waals surface area contributed by atoms with Crippen LogP contribution in [-0.2, 0) is 17.1 Å². The largest absolute Gasteiger partial charge is 0.508 e. The van der Waals surface area contributed by atoms with Gasteiger partial charge in [0.15, 0.2) is 0 Å². The quantitative estimate of drug-likeness (QED) is 0.456. The van der Waals surface area contributed by atoms with E-state index in [0.717, 1.165) is 0 Å². The Morgan fingerprint density at radius 2 is 1.00 bits per heavy atom. The molecule has 0 aliphatic heterocycles. The Hall–Kier alpha value is -0.661. The number of benzene rings is 1. The molecule has 0 saturated heterocycles. The van der Waals surface area contributed by atoms with Gasteiger partial charge in [0.2, 0.25) is 0 Å². The molecule has 1 aromatic carbocycles. The van der Waals surface area contributed by atoms with E-state index in [1.54, 1.807) is 0 Å². The first-order valence-corrected chi connectivity index (χ1v) is 2.27. The molecule has 0 amide bonds. The summed E-state index contributed by atoms with van der Waals surface area (Å²) in [7, 11) is 0. The van der Waals surface area contributed by atoms with Crippen molar-refractivity contribution in [3.05, 3.63) is 24.3 Å². The molecular weight excluding hydrogens is 168 g/mol. The molecule has 1 radical (unpaired) electrons. The maximum Gasteiger partial charge on any atom is 0.115 e. The second kappa shape index (κ2) is 3.38. The van der Waals surface area contributed by atoms with Crippen LogP contribution >= 0.6 is 0 Å². The van der Waals surface area contributed by atoms with Crippen LogP contribution in [0.25, 0.3) is 0 Å². The maximum atomic E-state index is 8.65. The molecule has 0 atom stereocenters. The molecular formula is C6H6CuO2. The third-order valence-electron chi connectivity index (χ3n) is 0.850. The maximum absolute atomic E-state index is 8.65. The molecule has 0 saturated carbocycles. The SMILES string of the molecule is Oc1ccc(O)cc1.[Cu]. The van der Waals surface area contributed by atoms with Gasteiger partial charge in [0.1, 0.15) is 11.5 Å². The summed E-state index contributed by atoms with van der Waals surface area (Å²) in [4.78, 5) is 0. The fraction of sp³-hybridized carbons (Fsp3) is 0. The zero-order chi connectivity index (χ0) is 5.98. The van der Waals surface area contributed by atoms with E-state index in [2.05, 4.69) is 0 Å². The Bertz CT molecular complexity index is 150. The third kappa shape index (κ3) is 2.40. The minimum absolute atomic E-state index is 0. The van der Waals surface area contributed by atoms with Crippen molar-refractivity contribution >= 4 is 0 Å². The average molecular weight is 174 g/mol. The van der Waals surface area contributed by atoms with Crippen molar-refractivity contribution in [1.82, 2.24) is 0 Å². The number of hydrogen-bond donors (Lipinski definition) is 2. The molecule has 0 aliphatic rings.